The third-order valence-corrected chi connectivity index (χ3v) is 2.98. The van der Waals surface area contributed by atoms with Crippen LogP contribution in [0.15, 0.2) is 0 Å². The van der Waals surface area contributed by atoms with Crippen LogP contribution in [0.2, 0.25) is 0 Å². The fourth-order valence-corrected chi connectivity index (χ4v) is 2.49. The highest BCUT2D eigenvalue weighted by molar-refractivity contribution is 4.74. The van der Waals surface area contributed by atoms with Gasteiger partial charge in [0, 0.05) is 24.7 Å². The molecule has 0 radical (unpaired) electrons. The summed E-state index contributed by atoms with van der Waals surface area (Å²) >= 11 is 0. The van der Waals surface area contributed by atoms with Crippen LogP contribution in [0.25, 0.3) is 0 Å². The number of rotatable bonds is 8. The van der Waals surface area contributed by atoms with Crippen LogP contribution in [0.4, 0.5) is 0 Å². The van der Waals surface area contributed by atoms with E-state index in [-0.39, 0.29) is 0 Å². The van der Waals surface area contributed by atoms with Gasteiger partial charge in [0.15, 0.2) is 0 Å². The Bertz CT molecular complexity index is 137. The maximum absolute atomic E-state index is 8.71. The van der Waals surface area contributed by atoms with E-state index in [1.54, 1.807) is 0 Å². The number of hydrogen-bond donors (Lipinski definition) is 1. The molecule has 0 bridgehead atoms. The molecule has 2 heteroatoms. The van der Waals surface area contributed by atoms with Gasteiger partial charge in [-0.25, -0.2) is 0 Å². The van der Waals surface area contributed by atoms with Crippen molar-refractivity contribution in [2.24, 2.45) is 0 Å². The molecule has 1 atom stereocenters. The number of aliphatic hydroxyl groups is 1. The van der Waals surface area contributed by atoms with Gasteiger partial charge < -0.3 is 5.11 Å². The smallest absolute Gasteiger partial charge is 0.0431 e. The van der Waals surface area contributed by atoms with Gasteiger partial charge in [-0.1, -0.05) is 12.8 Å². The van der Waals surface area contributed by atoms with Gasteiger partial charge in [-0.2, -0.15) is 0 Å². The van der Waals surface area contributed by atoms with Crippen molar-refractivity contribution >= 4 is 0 Å². The normalized spacial score (nSPS) is 14.2. The van der Waals surface area contributed by atoms with Crippen molar-refractivity contribution in [3.8, 4) is 0 Å². The molecule has 1 N–H and O–H groups in total. The summed E-state index contributed by atoms with van der Waals surface area (Å²) in [6, 6.07) is 1.90. The first kappa shape index (κ1) is 14.9. The Morgan fingerprint density at radius 1 is 0.867 bits per heavy atom. The lowest BCUT2D eigenvalue weighted by molar-refractivity contribution is 0.114. The Morgan fingerprint density at radius 2 is 1.40 bits per heavy atom. The zero-order chi connectivity index (χ0) is 11.8. The van der Waals surface area contributed by atoms with Crippen molar-refractivity contribution < 1.29 is 5.11 Å². The molecule has 0 spiro atoms. The summed E-state index contributed by atoms with van der Waals surface area (Å²) in [5, 5.41) is 8.71. The van der Waals surface area contributed by atoms with Crippen LogP contribution in [0.5, 0.6) is 0 Å². The summed E-state index contributed by atoms with van der Waals surface area (Å²) < 4.78 is 0. The summed E-state index contributed by atoms with van der Waals surface area (Å²) in [6.07, 6.45) is 4.59. The number of hydrogen-bond acceptors (Lipinski definition) is 2. The molecular formula is C13H29NO. The van der Waals surface area contributed by atoms with E-state index >= 15 is 0 Å². The molecular weight excluding hydrogens is 186 g/mol. The van der Waals surface area contributed by atoms with E-state index in [4.69, 9.17) is 5.11 Å². The lowest BCUT2D eigenvalue weighted by Gasteiger charge is -2.36. The minimum absolute atomic E-state index is 0.340. The Balaban J connectivity index is 3.87. The zero-order valence-electron chi connectivity index (χ0n) is 11.2. The average molecular weight is 215 g/mol. The first-order valence-corrected chi connectivity index (χ1v) is 6.39. The van der Waals surface area contributed by atoms with Crippen LogP contribution < -0.4 is 0 Å². The van der Waals surface area contributed by atoms with Crippen molar-refractivity contribution in [2.75, 3.05) is 6.61 Å². The molecule has 0 amide bonds. The fourth-order valence-electron chi connectivity index (χ4n) is 2.49. The second-order valence-electron chi connectivity index (χ2n) is 5.06. The molecule has 0 aliphatic rings. The van der Waals surface area contributed by atoms with Crippen LogP contribution in [-0.4, -0.2) is 34.7 Å². The average Bonchev–Trinajstić information content (AvgIpc) is 2.11. The molecule has 0 fully saturated rings. The number of aliphatic hydroxyl groups excluding tert-OH is 1. The van der Waals surface area contributed by atoms with Crippen molar-refractivity contribution in [3.63, 3.8) is 0 Å². The summed E-state index contributed by atoms with van der Waals surface area (Å²) in [4.78, 5) is 2.57. The molecule has 0 heterocycles. The van der Waals surface area contributed by atoms with Gasteiger partial charge in [0.1, 0.15) is 0 Å². The van der Waals surface area contributed by atoms with E-state index in [0.717, 1.165) is 12.8 Å². The van der Waals surface area contributed by atoms with Crippen molar-refractivity contribution in [3.05, 3.63) is 0 Å². The van der Waals surface area contributed by atoms with Gasteiger partial charge in [0.2, 0.25) is 0 Å². The second-order valence-corrected chi connectivity index (χ2v) is 5.06. The second kappa shape index (κ2) is 8.12. The Morgan fingerprint density at radius 3 is 1.80 bits per heavy atom. The molecule has 1 unspecified atom stereocenters. The van der Waals surface area contributed by atoms with Crippen LogP contribution in [0.1, 0.15) is 60.3 Å². The van der Waals surface area contributed by atoms with Crippen molar-refractivity contribution in [2.45, 2.75) is 78.4 Å². The molecule has 0 saturated carbocycles. The lowest BCUT2D eigenvalue weighted by atomic mass is 10.1. The third kappa shape index (κ3) is 6.16. The molecule has 92 valence electrons. The molecule has 15 heavy (non-hydrogen) atoms. The van der Waals surface area contributed by atoms with E-state index in [2.05, 4.69) is 39.5 Å². The topological polar surface area (TPSA) is 23.5 Å². The zero-order valence-corrected chi connectivity index (χ0v) is 11.2. The first-order chi connectivity index (χ1) is 7.00. The summed E-state index contributed by atoms with van der Waals surface area (Å²) in [5.74, 6) is 0. The lowest BCUT2D eigenvalue weighted by Crippen LogP contribution is -2.43. The Hall–Kier alpha value is -0.0800. The summed E-state index contributed by atoms with van der Waals surface area (Å²) in [5.41, 5.74) is 0. The van der Waals surface area contributed by atoms with Crippen LogP contribution in [0, 0.1) is 0 Å². The predicted octanol–water partition coefficient (Wildman–Crippen LogP) is 3.05. The number of unbranched alkanes of at least 4 members (excludes halogenated alkanes) is 2. The van der Waals surface area contributed by atoms with E-state index in [1.807, 2.05) is 0 Å². The largest absolute Gasteiger partial charge is 0.396 e. The van der Waals surface area contributed by atoms with Gasteiger partial charge in [-0.3, -0.25) is 4.90 Å². The maximum Gasteiger partial charge on any atom is 0.0431 e. The van der Waals surface area contributed by atoms with E-state index < -0.39 is 0 Å². The SMILES string of the molecule is CC(C)N(C(C)C)C(C)CCCCCO. The van der Waals surface area contributed by atoms with E-state index in [0.29, 0.717) is 24.7 Å². The molecule has 0 aromatic rings. The van der Waals surface area contributed by atoms with Gasteiger partial charge >= 0.3 is 0 Å². The third-order valence-electron chi connectivity index (χ3n) is 2.98. The summed E-state index contributed by atoms with van der Waals surface area (Å²) in [6.45, 7) is 11.7. The molecule has 2 nitrogen and oxygen atoms in total. The fraction of sp³-hybridized carbons (Fsp3) is 1.00. The standard InChI is InChI=1S/C13H29NO/c1-11(2)14(12(3)4)13(5)9-7-6-8-10-15/h11-13,15H,6-10H2,1-5H3. The summed E-state index contributed by atoms with van der Waals surface area (Å²) in [7, 11) is 0. The highest BCUT2D eigenvalue weighted by Crippen LogP contribution is 2.15. The molecule has 0 aliphatic carbocycles. The predicted molar refractivity (Wildman–Crippen MR) is 67.1 cm³/mol. The Labute approximate surface area is 95.7 Å². The minimum Gasteiger partial charge on any atom is -0.396 e. The van der Waals surface area contributed by atoms with Gasteiger partial charge in [-0.05, 0) is 47.5 Å². The molecule has 0 aromatic carbocycles. The van der Waals surface area contributed by atoms with Crippen LogP contribution in [-0.2, 0) is 0 Å². The Kier molecular flexibility index (Phi) is 8.07. The van der Waals surface area contributed by atoms with Gasteiger partial charge in [0.05, 0.1) is 0 Å². The molecule has 0 rings (SSSR count). The molecule has 0 aliphatic heterocycles. The van der Waals surface area contributed by atoms with Crippen molar-refractivity contribution in [1.29, 1.82) is 0 Å². The highest BCUT2D eigenvalue weighted by atomic mass is 16.2. The van der Waals surface area contributed by atoms with E-state index in [1.165, 1.54) is 12.8 Å². The quantitative estimate of drug-likeness (QED) is 0.629. The van der Waals surface area contributed by atoms with Gasteiger partial charge in [0.25, 0.3) is 0 Å². The number of nitrogens with zero attached hydrogens (tertiary/aromatic N) is 1. The van der Waals surface area contributed by atoms with Crippen LogP contribution >= 0.6 is 0 Å². The molecule has 0 aromatic heterocycles. The molecule has 0 saturated heterocycles. The minimum atomic E-state index is 0.340. The van der Waals surface area contributed by atoms with Crippen LogP contribution in [0.3, 0.4) is 0 Å². The first-order valence-electron chi connectivity index (χ1n) is 6.39. The van der Waals surface area contributed by atoms with Crippen molar-refractivity contribution in [1.82, 2.24) is 4.90 Å². The maximum atomic E-state index is 8.71. The monoisotopic (exact) mass is 215 g/mol. The van der Waals surface area contributed by atoms with Gasteiger partial charge in [-0.15, -0.1) is 0 Å². The van der Waals surface area contributed by atoms with E-state index in [9.17, 15) is 0 Å². The highest BCUT2D eigenvalue weighted by Gasteiger charge is 2.19.